The Balaban J connectivity index is 1.73. The lowest BCUT2D eigenvalue weighted by Crippen LogP contribution is -2.20. The van der Waals surface area contributed by atoms with Gasteiger partial charge in [0.25, 0.3) is 0 Å². The molecule has 124 valence electrons. The molecule has 0 saturated heterocycles. The molecule has 4 aromatic heterocycles. The Morgan fingerprint density at radius 1 is 1.20 bits per heavy atom. The molecule has 5 nitrogen and oxygen atoms in total. The van der Waals surface area contributed by atoms with Gasteiger partial charge in [-0.2, -0.15) is 0 Å². The van der Waals surface area contributed by atoms with E-state index in [1.165, 1.54) is 5.57 Å². The van der Waals surface area contributed by atoms with Gasteiger partial charge in [0.2, 0.25) is 0 Å². The Labute approximate surface area is 148 Å². The minimum Gasteiger partial charge on any atom is -0.452 e. The summed E-state index contributed by atoms with van der Waals surface area (Å²) in [4.78, 5) is 8.54. The van der Waals surface area contributed by atoms with Crippen molar-refractivity contribution < 1.29 is 4.42 Å². The lowest BCUT2D eigenvalue weighted by atomic mass is 9.98. The van der Waals surface area contributed by atoms with Gasteiger partial charge in [-0.1, -0.05) is 6.08 Å². The van der Waals surface area contributed by atoms with E-state index in [4.69, 9.17) is 10.2 Å². The zero-order valence-corrected chi connectivity index (χ0v) is 14.3. The predicted octanol–water partition coefficient (Wildman–Crippen LogP) is 4.06. The number of nitrogens with zero attached hydrogens (tertiary/aromatic N) is 2. The second-order valence-electron chi connectivity index (χ2n) is 6.12. The molecule has 6 heteroatoms. The Morgan fingerprint density at radius 3 is 3.04 bits per heavy atom. The number of furan rings is 1. The fourth-order valence-electron chi connectivity index (χ4n) is 3.37. The monoisotopic (exact) mass is 348 g/mol. The second kappa shape index (κ2) is 5.68. The van der Waals surface area contributed by atoms with E-state index in [1.807, 2.05) is 24.7 Å². The van der Waals surface area contributed by atoms with Crippen LogP contribution in [-0.2, 0) is 0 Å². The van der Waals surface area contributed by atoms with Crippen molar-refractivity contribution in [2.75, 3.05) is 18.8 Å². The van der Waals surface area contributed by atoms with E-state index in [1.54, 1.807) is 11.3 Å². The molecule has 3 N–H and O–H groups in total. The summed E-state index contributed by atoms with van der Waals surface area (Å²) in [5, 5.41) is 7.63. The number of nitrogens with two attached hydrogens (primary N) is 1. The summed E-state index contributed by atoms with van der Waals surface area (Å²) in [5.74, 6) is 1.25. The van der Waals surface area contributed by atoms with Crippen molar-refractivity contribution in [3.05, 3.63) is 47.7 Å². The Hall–Kier alpha value is -2.70. The molecule has 5 heterocycles. The molecule has 0 aromatic carbocycles. The summed E-state index contributed by atoms with van der Waals surface area (Å²) in [6, 6.07) is 4.11. The molecule has 0 atom stereocenters. The van der Waals surface area contributed by atoms with Gasteiger partial charge >= 0.3 is 0 Å². The highest BCUT2D eigenvalue weighted by Gasteiger charge is 2.18. The van der Waals surface area contributed by atoms with Gasteiger partial charge in [0.1, 0.15) is 5.76 Å². The van der Waals surface area contributed by atoms with Crippen LogP contribution in [0.5, 0.6) is 0 Å². The first-order chi connectivity index (χ1) is 12.3. The lowest BCUT2D eigenvalue weighted by Gasteiger charge is -2.14. The van der Waals surface area contributed by atoms with E-state index < -0.39 is 0 Å². The molecule has 0 unspecified atom stereocenters. The molecule has 0 saturated carbocycles. The van der Waals surface area contributed by atoms with Gasteiger partial charge < -0.3 is 15.5 Å². The summed E-state index contributed by atoms with van der Waals surface area (Å²) in [6.45, 7) is 1.86. The smallest absolute Gasteiger partial charge is 0.177 e. The highest BCUT2D eigenvalue weighted by atomic mass is 32.1. The van der Waals surface area contributed by atoms with Crippen LogP contribution >= 0.6 is 11.3 Å². The number of hydrogen-bond donors (Lipinski definition) is 2. The van der Waals surface area contributed by atoms with Crippen molar-refractivity contribution in [1.29, 1.82) is 0 Å². The van der Waals surface area contributed by atoms with Crippen LogP contribution in [0.4, 0.5) is 5.82 Å². The molecule has 25 heavy (non-hydrogen) atoms. The van der Waals surface area contributed by atoms with Crippen molar-refractivity contribution in [2.45, 2.75) is 6.42 Å². The van der Waals surface area contributed by atoms with Crippen LogP contribution in [0, 0.1) is 0 Å². The van der Waals surface area contributed by atoms with Crippen molar-refractivity contribution >= 4 is 43.8 Å². The van der Waals surface area contributed by atoms with Crippen molar-refractivity contribution in [1.82, 2.24) is 15.3 Å². The summed E-state index contributed by atoms with van der Waals surface area (Å²) in [6.07, 6.45) is 8.75. The maximum absolute atomic E-state index is 6.14. The van der Waals surface area contributed by atoms with E-state index in [2.05, 4.69) is 32.8 Å². The Morgan fingerprint density at radius 2 is 2.16 bits per heavy atom. The van der Waals surface area contributed by atoms with Crippen molar-refractivity contribution in [3.63, 3.8) is 0 Å². The number of hydrogen-bond acceptors (Lipinski definition) is 6. The number of anilines is 1. The Bertz CT molecular complexity index is 1130. The number of nitrogen functional groups attached to an aromatic ring is 1. The molecule has 0 bridgehead atoms. The quantitative estimate of drug-likeness (QED) is 0.571. The molecule has 0 amide bonds. The number of nitrogens with one attached hydrogen (secondary N) is 1. The zero-order valence-electron chi connectivity index (χ0n) is 13.5. The summed E-state index contributed by atoms with van der Waals surface area (Å²) < 4.78 is 7.28. The van der Waals surface area contributed by atoms with E-state index >= 15 is 0 Å². The topological polar surface area (TPSA) is 77.0 Å². The molecule has 1 aliphatic rings. The third-order valence-electron chi connectivity index (χ3n) is 4.64. The van der Waals surface area contributed by atoms with E-state index in [0.717, 1.165) is 51.9 Å². The van der Waals surface area contributed by atoms with E-state index in [0.29, 0.717) is 11.4 Å². The maximum Gasteiger partial charge on any atom is 0.177 e. The van der Waals surface area contributed by atoms with E-state index in [-0.39, 0.29) is 0 Å². The molecule has 4 aromatic rings. The van der Waals surface area contributed by atoms with Gasteiger partial charge in [-0.15, -0.1) is 11.3 Å². The summed E-state index contributed by atoms with van der Waals surface area (Å²) >= 11 is 1.67. The van der Waals surface area contributed by atoms with Crippen LogP contribution in [0.3, 0.4) is 0 Å². The maximum atomic E-state index is 6.14. The fraction of sp³-hybridized carbons (Fsp3) is 0.158. The molecule has 0 spiro atoms. The molecule has 1 aliphatic heterocycles. The van der Waals surface area contributed by atoms with Gasteiger partial charge in [0, 0.05) is 52.4 Å². The number of aromatic nitrogens is 2. The van der Waals surface area contributed by atoms with Gasteiger partial charge in [-0.25, -0.2) is 4.98 Å². The lowest BCUT2D eigenvalue weighted by molar-refractivity contribution is 0.632. The van der Waals surface area contributed by atoms with Gasteiger partial charge in [0.05, 0.1) is 4.70 Å². The zero-order chi connectivity index (χ0) is 16.8. The molecule has 5 rings (SSSR count). The van der Waals surface area contributed by atoms with Crippen LogP contribution in [-0.4, -0.2) is 23.1 Å². The first-order valence-corrected chi connectivity index (χ1v) is 9.09. The van der Waals surface area contributed by atoms with E-state index in [9.17, 15) is 0 Å². The van der Waals surface area contributed by atoms with Crippen molar-refractivity contribution in [2.24, 2.45) is 0 Å². The highest BCUT2D eigenvalue weighted by Crippen LogP contribution is 2.39. The minimum atomic E-state index is 0.431. The normalized spacial score (nSPS) is 15.0. The van der Waals surface area contributed by atoms with Gasteiger partial charge in [-0.05, 0) is 30.7 Å². The predicted molar refractivity (Wildman–Crippen MR) is 102 cm³/mol. The van der Waals surface area contributed by atoms with Crippen LogP contribution in [0.15, 0.2) is 46.6 Å². The van der Waals surface area contributed by atoms with Crippen LogP contribution in [0.2, 0.25) is 0 Å². The SMILES string of the molecule is Nc1ncc(C2=CCNCC2)c2cc(-c3csc4cnccc34)oc12. The van der Waals surface area contributed by atoms with Crippen LogP contribution in [0.25, 0.3) is 38.0 Å². The number of thiophene rings is 1. The number of fused-ring (bicyclic) bond motifs is 2. The highest BCUT2D eigenvalue weighted by molar-refractivity contribution is 7.17. The molecule has 0 aliphatic carbocycles. The Kier molecular flexibility index (Phi) is 3.33. The first-order valence-electron chi connectivity index (χ1n) is 8.21. The summed E-state index contributed by atoms with van der Waals surface area (Å²) in [7, 11) is 0. The largest absolute Gasteiger partial charge is 0.452 e. The van der Waals surface area contributed by atoms with Crippen LogP contribution in [0.1, 0.15) is 12.0 Å². The molecule has 0 radical (unpaired) electrons. The van der Waals surface area contributed by atoms with Crippen molar-refractivity contribution in [3.8, 4) is 11.3 Å². The van der Waals surface area contributed by atoms with Crippen LogP contribution < -0.4 is 11.1 Å². The second-order valence-corrected chi connectivity index (χ2v) is 7.03. The van der Waals surface area contributed by atoms with Gasteiger partial charge in [0.15, 0.2) is 11.4 Å². The standard InChI is InChI=1S/C19H16N4OS/c20-19-18-13(14(8-23-19)11-1-4-21-5-2-11)7-16(24-18)15-10-25-17-9-22-6-3-12(15)17/h1,3,6-10,21H,2,4-5H2,(H2,20,23). The molecular weight excluding hydrogens is 332 g/mol. The number of pyridine rings is 2. The number of rotatable bonds is 2. The third-order valence-corrected chi connectivity index (χ3v) is 5.57. The average Bonchev–Trinajstić information content (AvgIpc) is 3.27. The molecule has 0 fully saturated rings. The fourth-order valence-corrected chi connectivity index (χ4v) is 4.29. The summed E-state index contributed by atoms with van der Waals surface area (Å²) in [5.41, 5.74) is 10.2. The third kappa shape index (κ3) is 2.33. The van der Waals surface area contributed by atoms with Gasteiger partial charge in [-0.3, -0.25) is 4.98 Å². The minimum absolute atomic E-state index is 0.431. The first kappa shape index (κ1) is 14.6. The average molecular weight is 348 g/mol. The molecular formula is C19H16N4OS.